The molecule has 0 aliphatic carbocycles. The molecule has 0 unspecified atom stereocenters. The first-order valence-corrected chi connectivity index (χ1v) is 9.11. The second kappa shape index (κ2) is 7.96. The molecule has 0 bridgehead atoms. The maximum Gasteiger partial charge on any atom is 0.0867 e. The lowest BCUT2D eigenvalue weighted by Crippen LogP contribution is -1.84. The van der Waals surface area contributed by atoms with Crippen LogP contribution in [0.1, 0.15) is 63.9 Å². The van der Waals surface area contributed by atoms with Crippen molar-refractivity contribution in [2.75, 3.05) is 0 Å². The average Bonchev–Trinajstić information content (AvgIpc) is 2.96. The molecule has 2 heteroatoms. The molecule has 0 N–H and O–H groups in total. The molecular weight excluding hydrogens is 256 g/mol. The number of unbranched alkanes of at least 4 members (excludes halogenated alkanes) is 7. The standard InChI is InChI=1S/C16H24S2/c1-2-3-4-5-6-7-8-9-10-14-13-18-16-15(14)11-12-17-16/h11-13H,2-10H2,1H3. The molecule has 2 heterocycles. The minimum Gasteiger partial charge on any atom is -0.133 e. The molecule has 0 saturated carbocycles. The highest BCUT2D eigenvalue weighted by Crippen LogP contribution is 2.31. The first-order chi connectivity index (χ1) is 8.92. The van der Waals surface area contributed by atoms with Crippen molar-refractivity contribution in [2.24, 2.45) is 0 Å². The van der Waals surface area contributed by atoms with E-state index in [1.807, 2.05) is 22.7 Å². The molecule has 0 amide bonds. The molecule has 18 heavy (non-hydrogen) atoms. The van der Waals surface area contributed by atoms with Crippen molar-refractivity contribution in [3.8, 4) is 0 Å². The second-order valence-electron chi connectivity index (χ2n) is 5.11. The third-order valence-corrected chi connectivity index (χ3v) is 5.70. The fourth-order valence-corrected chi connectivity index (χ4v) is 4.46. The van der Waals surface area contributed by atoms with E-state index in [9.17, 15) is 0 Å². The summed E-state index contributed by atoms with van der Waals surface area (Å²) in [5.41, 5.74) is 1.59. The monoisotopic (exact) mass is 280 g/mol. The molecular formula is C16H24S2. The zero-order valence-electron chi connectivity index (χ0n) is 11.4. The number of aryl methyl sites for hydroxylation is 1. The number of rotatable bonds is 9. The maximum atomic E-state index is 2.36. The Morgan fingerprint density at radius 2 is 1.61 bits per heavy atom. The van der Waals surface area contributed by atoms with E-state index in [0.717, 1.165) is 0 Å². The van der Waals surface area contributed by atoms with Gasteiger partial charge < -0.3 is 0 Å². The van der Waals surface area contributed by atoms with Crippen LogP contribution < -0.4 is 0 Å². The molecule has 0 spiro atoms. The quantitative estimate of drug-likeness (QED) is 0.451. The van der Waals surface area contributed by atoms with Crippen LogP contribution in [0.2, 0.25) is 0 Å². The van der Waals surface area contributed by atoms with Crippen LogP contribution in [0.5, 0.6) is 0 Å². The van der Waals surface area contributed by atoms with Crippen molar-refractivity contribution < 1.29 is 0 Å². The lowest BCUT2D eigenvalue weighted by atomic mass is 10.0. The minimum absolute atomic E-state index is 1.28. The molecule has 0 atom stereocenters. The molecule has 2 aromatic heterocycles. The molecule has 0 saturated heterocycles. The summed E-state index contributed by atoms with van der Waals surface area (Å²) < 4.78 is 1.50. The van der Waals surface area contributed by atoms with Gasteiger partial charge in [-0.15, -0.1) is 22.7 Å². The lowest BCUT2D eigenvalue weighted by Gasteiger charge is -2.01. The molecule has 0 radical (unpaired) electrons. The summed E-state index contributed by atoms with van der Waals surface area (Å²) in [6, 6.07) is 2.29. The van der Waals surface area contributed by atoms with Gasteiger partial charge in [-0.05, 0) is 35.2 Å². The van der Waals surface area contributed by atoms with Crippen LogP contribution >= 0.6 is 22.7 Å². The molecule has 0 aliphatic rings. The van der Waals surface area contributed by atoms with Crippen molar-refractivity contribution >= 4 is 32.1 Å². The van der Waals surface area contributed by atoms with Gasteiger partial charge in [0, 0.05) is 5.39 Å². The van der Waals surface area contributed by atoms with E-state index in [1.165, 1.54) is 67.2 Å². The Kier molecular flexibility index (Phi) is 6.22. The highest BCUT2D eigenvalue weighted by atomic mass is 32.2. The number of hydrogen-bond donors (Lipinski definition) is 0. The van der Waals surface area contributed by atoms with Crippen LogP contribution in [0, 0.1) is 0 Å². The molecule has 2 rings (SSSR count). The predicted molar refractivity (Wildman–Crippen MR) is 86.0 cm³/mol. The zero-order valence-corrected chi connectivity index (χ0v) is 13.0. The Bertz CT molecular complexity index is 439. The Balaban J connectivity index is 1.57. The molecule has 100 valence electrons. The Morgan fingerprint density at radius 1 is 0.889 bits per heavy atom. The van der Waals surface area contributed by atoms with Gasteiger partial charge in [0.2, 0.25) is 0 Å². The maximum absolute atomic E-state index is 2.36. The van der Waals surface area contributed by atoms with Gasteiger partial charge in [-0.1, -0.05) is 51.9 Å². The first kappa shape index (κ1) is 14.1. The largest absolute Gasteiger partial charge is 0.133 e. The topological polar surface area (TPSA) is 0 Å². The highest BCUT2D eigenvalue weighted by Gasteiger charge is 2.04. The van der Waals surface area contributed by atoms with Crippen molar-refractivity contribution in [3.05, 3.63) is 22.4 Å². The normalized spacial score (nSPS) is 11.4. The molecule has 0 nitrogen and oxygen atoms in total. The summed E-state index contributed by atoms with van der Waals surface area (Å²) in [6.07, 6.45) is 12.6. The van der Waals surface area contributed by atoms with Crippen LogP contribution in [-0.2, 0) is 6.42 Å². The fraction of sp³-hybridized carbons (Fsp3) is 0.625. The van der Waals surface area contributed by atoms with Gasteiger partial charge in [0.25, 0.3) is 0 Å². The number of thiophene rings is 2. The van der Waals surface area contributed by atoms with Gasteiger partial charge >= 0.3 is 0 Å². The summed E-state index contributed by atoms with van der Waals surface area (Å²) in [5, 5.41) is 6.11. The summed E-state index contributed by atoms with van der Waals surface area (Å²) in [4.78, 5) is 0. The fourth-order valence-electron chi connectivity index (χ4n) is 2.46. The van der Waals surface area contributed by atoms with E-state index in [4.69, 9.17) is 0 Å². The van der Waals surface area contributed by atoms with Gasteiger partial charge in [0.15, 0.2) is 0 Å². The van der Waals surface area contributed by atoms with Crippen LogP contribution in [0.3, 0.4) is 0 Å². The minimum atomic E-state index is 1.28. The van der Waals surface area contributed by atoms with Gasteiger partial charge in [-0.25, -0.2) is 0 Å². The third kappa shape index (κ3) is 4.10. The van der Waals surface area contributed by atoms with Crippen molar-refractivity contribution in [3.63, 3.8) is 0 Å². The summed E-state index contributed by atoms with van der Waals surface area (Å²) >= 11 is 3.80. The predicted octanol–water partition coefficient (Wildman–Crippen LogP) is 6.65. The van der Waals surface area contributed by atoms with Crippen molar-refractivity contribution in [1.29, 1.82) is 0 Å². The van der Waals surface area contributed by atoms with Gasteiger partial charge in [-0.3, -0.25) is 0 Å². The Labute approximate surface area is 119 Å². The third-order valence-electron chi connectivity index (χ3n) is 3.58. The second-order valence-corrected chi connectivity index (χ2v) is 7.16. The summed E-state index contributed by atoms with van der Waals surface area (Å²) in [7, 11) is 0. The van der Waals surface area contributed by atoms with Crippen LogP contribution in [0.15, 0.2) is 16.8 Å². The summed E-state index contributed by atoms with van der Waals surface area (Å²) in [6.45, 7) is 2.28. The van der Waals surface area contributed by atoms with Crippen molar-refractivity contribution in [1.82, 2.24) is 0 Å². The van der Waals surface area contributed by atoms with Gasteiger partial charge in [0.05, 0.1) is 4.01 Å². The van der Waals surface area contributed by atoms with Gasteiger partial charge in [0.1, 0.15) is 0 Å². The highest BCUT2D eigenvalue weighted by molar-refractivity contribution is 7.36. The van der Waals surface area contributed by atoms with E-state index in [-0.39, 0.29) is 0 Å². The van der Waals surface area contributed by atoms with E-state index in [0.29, 0.717) is 0 Å². The SMILES string of the molecule is CCCCCCCCCCc1csc2sccc12. The van der Waals surface area contributed by atoms with Crippen LogP contribution in [0.25, 0.3) is 9.40 Å². The van der Waals surface area contributed by atoms with E-state index in [1.54, 1.807) is 5.56 Å². The molecule has 0 aromatic carbocycles. The number of fused-ring (bicyclic) bond motifs is 1. The first-order valence-electron chi connectivity index (χ1n) is 7.35. The van der Waals surface area contributed by atoms with E-state index < -0.39 is 0 Å². The molecule has 0 fully saturated rings. The van der Waals surface area contributed by atoms with E-state index in [2.05, 4.69) is 23.8 Å². The van der Waals surface area contributed by atoms with E-state index >= 15 is 0 Å². The molecule has 0 aliphatic heterocycles. The van der Waals surface area contributed by atoms with Crippen LogP contribution in [-0.4, -0.2) is 0 Å². The summed E-state index contributed by atoms with van der Waals surface area (Å²) in [5.74, 6) is 0. The number of hydrogen-bond acceptors (Lipinski definition) is 2. The van der Waals surface area contributed by atoms with Crippen LogP contribution in [0.4, 0.5) is 0 Å². The zero-order chi connectivity index (χ0) is 12.6. The average molecular weight is 281 g/mol. The smallest absolute Gasteiger partial charge is 0.0867 e. The lowest BCUT2D eigenvalue weighted by molar-refractivity contribution is 0.576. The van der Waals surface area contributed by atoms with Crippen molar-refractivity contribution in [2.45, 2.75) is 64.7 Å². The Hall–Kier alpha value is -0.340. The Morgan fingerprint density at radius 3 is 2.39 bits per heavy atom. The van der Waals surface area contributed by atoms with Gasteiger partial charge in [-0.2, -0.15) is 0 Å². The molecule has 2 aromatic rings.